The number of rotatable bonds is 4. The number of benzene rings is 2. The summed E-state index contributed by atoms with van der Waals surface area (Å²) in [6, 6.07) is 11.5. The fourth-order valence-electron chi connectivity index (χ4n) is 5.45. The molecule has 0 saturated heterocycles. The van der Waals surface area contributed by atoms with Gasteiger partial charge in [0.2, 0.25) is 0 Å². The molecule has 180 valence electrons. The van der Waals surface area contributed by atoms with Gasteiger partial charge < -0.3 is 9.47 Å². The second-order valence-corrected chi connectivity index (χ2v) is 9.14. The number of esters is 2. The monoisotopic (exact) mass is 473 g/mol. The van der Waals surface area contributed by atoms with Gasteiger partial charge >= 0.3 is 18.1 Å². The van der Waals surface area contributed by atoms with Crippen molar-refractivity contribution in [1.29, 1.82) is 0 Å². The predicted octanol–water partition coefficient (Wildman–Crippen LogP) is 5.63. The van der Waals surface area contributed by atoms with E-state index in [2.05, 4.69) is 0 Å². The van der Waals surface area contributed by atoms with Crippen LogP contribution in [0.5, 0.6) is 0 Å². The van der Waals surface area contributed by atoms with E-state index >= 15 is 0 Å². The van der Waals surface area contributed by atoms with Crippen LogP contribution in [0.4, 0.5) is 13.2 Å². The molecule has 0 aromatic heterocycles. The summed E-state index contributed by atoms with van der Waals surface area (Å²) in [5.41, 5.74) is 0.673. The van der Waals surface area contributed by atoms with Crippen molar-refractivity contribution in [1.82, 2.24) is 0 Å². The molecule has 0 spiro atoms. The molecule has 1 aliphatic heterocycles. The Kier molecular flexibility index (Phi) is 6.04. The smallest absolute Gasteiger partial charge is 0.391 e. The average Bonchev–Trinajstić information content (AvgIpc) is 2.82. The quantitative estimate of drug-likeness (QED) is 0.540. The molecule has 2 aromatic carbocycles. The number of aliphatic imine (C=N–C) groups is 1. The van der Waals surface area contributed by atoms with Crippen molar-refractivity contribution in [2.45, 2.75) is 56.2 Å². The van der Waals surface area contributed by atoms with Crippen LogP contribution in [0.15, 0.2) is 47.5 Å². The Labute approximate surface area is 196 Å². The molecule has 0 bridgehead atoms. The molecule has 2 atom stereocenters. The first kappa shape index (κ1) is 24.0. The Morgan fingerprint density at radius 2 is 1.53 bits per heavy atom. The van der Waals surface area contributed by atoms with Gasteiger partial charge in [0, 0.05) is 16.5 Å². The summed E-state index contributed by atoms with van der Waals surface area (Å²) in [6.07, 6.45) is -3.25. The number of alkyl halides is 3. The van der Waals surface area contributed by atoms with Crippen LogP contribution < -0.4 is 0 Å². The van der Waals surface area contributed by atoms with Crippen LogP contribution in [0, 0.1) is 0 Å². The second-order valence-electron chi connectivity index (χ2n) is 9.14. The minimum absolute atomic E-state index is 0.286. The van der Waals surface area contributed by atoms with E-state index in [1.807, 2.05) is 6.92 Å². The van der Waals surface area contributed by atoms with E-state index in [1.165, 1.54) is 14.2 Å². The van der Waals surface area contributed by atoms with Crippen molar-refractivity contribution in [3.8, 4) is 0 Å². The van der Waals surface area contributed by atoms with E-state index in [0.29, 0.717) is 40.8 Å². The summed E-state index contributed by atoms with van der Waals surface area (Å²) in [6.45, 7) is 1.83. The van der Waals surface area contributed by atoms with Gasteiger partial charge in [-0.1, -0.05) is 38.0 Å². The lowest BCUT2D eigenvalue weighted by Gasteiger charge is -2.53. The van der Waals surface area contributed by atoms with E-state index in [-0.39, 0.29) is 12.0 Å². The van der Waals surface area contributed by atoms with Crippen LogP contribution in [-0.4, -0.2) is 43.6 Å². The lowest BCUT2D eigenvalue weighted by atomic mass is 9.55. The number of methoxy groups -OCH3 is 2. The fraction of sp³-hybridized carbons (Fsp3) is 0.423. The van der Waals surface area contributed by atoms with Gasteiger partial charge in [0.25, 0.3) is 0 Å². The Hall–Kier alpha value is -3.16. The molecule has 5 nitrogen and oxygen atoms in total. The van der Waals surface area contributed by atoms with Crippen LogP contribution >= 0.6 is 0 Å². The highest BCUT2D eigenvalue weighted by Crippen LogP contribution is 2.56. The maximum Gasteiger partial charge on any atom is 0.391 e. The minimum atomic E-state index is -4.42. The maximum absolute atomic E-state index is 13.9. The molecule has 1 aliphatic carbocycles. The number of carbonyl (C=O) groups excluding carboxylic acids is 2. The summed E-state index contributed by atoms with van der Waals surface area (Å²) in [7, 11) is 2.55. The number of hydrogen-bond donors (Lipinski definition) is 0. The first-order chi connectivity index (χ1) is 16.0. The van der Waals surface area contributed by atoms with E-state index in [9.17, 15) is 22.8 Å². The normalized spacial score (nSPS) is 23.9. The lowest BCUT2D eigenvalue weighted by molar-refractivity contribution is -0.156. The van der Waals surface area contributed by atoms with E-state index in [4.69, 9.17) is 14.5 Å². The van der Waals surface area contributed by atoms with Gasteiger partial charge in [-0.25, -0.2) is 9.59 Å². The van der Waals surface area contributed by atoms with Crippen LogP contribution in [0.1, 0.15) is 76.4 Å². The third-order valence-electron chi connectivity index (χ3n) is 7.23. The summed E-state index contributed by atoms with van der Waals surface area (Å²) >= 11 is 0. The lowest BCUT2D eigenvalue weighted by Crippen LogP contribution is -2.56. The van der Waals surface area contributed by atoms with Crippen molar-refractivity contribution in [3.05, 3.63) is 70.3 Å². The van der Waals surface area contributed by atoms with Gasteiger partial charge in [0.05, 0.1) is 43.0 Å². The molecular formula is C26H26F3NO4. The zero-order valence-electron chi connectivity index (χ0n) is 19.3. The van der Waals surface area contributed by atoms with Crippen molar-refractivity contribution in [2.24, 2.45) is 4.99 Å². The fourth-order valence-corrected chi connectivity index (χ4v) is 5.45. The van der Waals surface area contributed by atoms with E-state index in [0.717, 1.165) is 6.42 Å². The summed E-state index contributed by atoms with van der Waals surface area (Å²) in [4.78, 5) is 29.0. The second kappa shape index (κ2) is 8.56. The zero-order valence-corrected chi connectivity index (χ0v) is 19.3. The largest absolute Gasteiger partial charge is 0.465 e. The molecule has 1 fully saturated rings. The Bertz CT molecular complexity index is 1160. The molecule has 0 radical (unpaired) electrons. The average molecular weight is 473 g/mol. The summed E-state index contributed by atoms with van der Waals surface area (Å²) < 4.78 is 51.4. The number of carbonyl (C=O) groups is 2. The highest BCUT2D eigenvalue weighted by atomic mass is 19.4. The van der Waals surface area contributed by atoms with Gasteiger partial charge in [-0.15, -0.1) is 0 Å². The summed E-state index contributed by atoms with van der Waals surface area (Å²) in [5.74, 6) is -1.05. The minimum Gasteiger partial charge on any atom is -0.465 e. The van der Waals surface area contributed by atoms with E-state index in [1.54, 1.807) is 42.5 Å². The molecule has 8 heteroatoms. The number of halogens is 3. The third-order valence-corrected chi connectivity index (χ3v) is 7.23. The molecule has 1 saturated carbocycles. The van der Waals surface area contributed by atoms with Crippen molar-refractivity contribution in [2.75, 3.05) is 14.2 Å². The molecule has 2 aromatic rings. The van der Waals surface area contributed by atoms with Crippen LogP contribution in [0.3, 0.4) is 0 Å². The van der Waals surface area contributed by atoms with Gasteiger partial charge in [-0.05, 0) is 42.7 Å². The molecular weight excluding hydrogens is 447 g/mol. The highest BCUT2D eigenvalue weighted by molar-refractivity contribution is 6.15. The first-order valence-electron chi connectivity index (χ1n) is 11.1. The molecule has 0 N–H and O–H groups in total. The Morgan fingerprint density at radius 3 is 2.15 bits per heavy atom. The molecule has 2 unspecified atom stereocenters. The highest BCUT2D eigenvalue weighted by Gasteiger charge is 2.58. The van der Waals surface area contributed by atoms with Crippen LogP contribution in [-0.2, 0) is 14.9 Å². The molecule has 1 heterocycles. The van der Waals surface area contributed by atoms with Gasteiger partial charge in [0.15, 0.2) is 0 Å². The van der Waals surface area contributed by atoms with Gasteiger partial charge in [-0.2, -0.15) is 13.2 Å². The number of ether oxygens (including phenoxy) is 2. The number of hydrogen-bond acceptors (Lipinski definition) is 5. The first-order valence-corrected chi connectivity index (χ1v) is 11.1. The number of nitrogens with zero attached hydrogens (tertiary/aromatic N) is 1. The Morgan fingerprint density at radius 1 is 0.941 bits per heavy atom. The standard InChI is InChI=1S/C26H26F3NO4/c1-24-12-4-5-13-25(24,15-26(27,28)29)30-21(16-6-8-17(9-7-16)22(31)33-2)19-11-10-18(14-20(19)24)23(32)34-3/h6-11,14H,4-5,12-13,15H2,1-3H3. The Balaban J connectivity index is 1.96. The number of fused-ring (bicyclic) bond motifs is 3. The molecule has 34 heavy (non-hydrogen) atoms. The zero-order chi connectivity index (χ0) is 24.7. The third kappa shape index (κ3) is 3.99. The topological polar surface area (TPSA) is 65.0 Å². The van der Waals surface area contributed by atoms with Crippen LogP contribution in [0.25, 0.3) is 0 Å². The van der Waals surface area contributed by atoms with Gasteiger partial charge in [0.1, 0.15) is 0 Å². The van der Waals surface area contributed by atoms with Crippen molar-refractivity contribution >= 4 is 17.7 Å². The van der Waals surface area contributed by atoms with Gasteiger partial charge in [-0.3, -0.25) is 4.99 Å². The van der Waals surface area contributed by atoms with E-state index < -0.39 is 35.5 Å². The SMILES string of the molecule is COC(=O)c1ccc(C2=NC3(CC(F)(F)F)CCCCC3(C)c3cc(C(=O)OC)ccc32)cc1. The van der Waals surface area contributed by atoms with Crippen molar-refractivity contribution in [3.63, 3.8) is 0 Å². The van der Waals surface area contributed by atoms with Crippen molar-refractivity contribution < 1.29 is 32.2 Å². The maximum atomic E-state index is 13.9. The molecule has 0 amide bonds. The molecule has 2 aliphatic rings. The summed E-state index contributed by atoms with van der Waals surface area (Å²) in [5, 5.41) is 0. The van der Waals surface area contributed by atoms with Crippen LogP contribution in [0.2, 0.25) is 0 Å². The molecule has 4 rings (SSSR count). The predicted molar refractivity (Wildman–Crippen MR) is 120 cm³/mol.